The summed E-state index contributed by atoms with van der Waals surface area (Å²) in [7, 11) is 3.59. The zero-order chi connectivity index (χ0) is 10.7. The molecule has 1 aromatic carbocycles. The van der Waals surface area contributed by atoms with Crippen molar-refractivity contribution in [2.45, 2.75) is 6.61 Å². The third-order valence-electron chi connectivity index (χ3n) is 2.33. The van der Waals surface area contributed by atoms with E-state index in [0.29, 0.717) is 6.61 Å². The number of anilines is 1. The first-order chi connectivity index (χ1) is 7.35. The molecule has 0 atom stereocenters. The molecule has 0 radical (unpaired) electrons. The van der Waals surface area contributed by atoms with Crippen LogP contribution in [-0.4, -0.2) is 19.1 Å². The molecule has 0 bridgehead atoms. The number of hydrogen-bond acceptors (Lipinski definition) is 3. The molecule has 1 heterocycles. The molecule has 3 heteroatoms. The number of para-hydroxylation sites is 1. The Morgan fingerprint density at radius 2 is 2.13 bits per heavy atom. The zero-order valence-corrected chi connectivity index (χ0v) is 8.95. The van der Waals surface area contributed by atoms with Gasteiger partial charge in [0.1, 0.15) is 0 Å². The molecule has 15 heavy (non-hydrogen) atoms. The van der Waals surface area contributed by atoms with Crippen molar-refractivity contribution in [2.24, 2.45) is 0 Å². The highest BCUT2D eigenvalue weighted by molar-refractivity contribution is 5.91. The second kappa shape index (κ2) is 4.28. The van der Waals surface area contributed by atoms with Crippen molar-refractivity contribution < 1.29 is 4.74 Å². The Bertz CT molecular complexity index is 468. The van der Waals surface area contributed by atoms with E-state index < -0.39 is 0 Å². The van der Waals surface area contributed by atoms with Gasteiger partial charge in [-0.1, -0.05) is 18.2 Å². The molecular weight excluding hydrogens is 188 g/mol. The standard InChI is InChI=1S/C12H14N2O/c1-13-12-7-9(8-15-2)14-11-6-4-3-5-10(11)12/h3-7H,8H2,1-2H3,(H,13,14). The van der Waals surface area contributed by atoms with Crippen LogP contribution in [0.25, 0.3) is 10.9 Å². The lowest BCUT2D eigenvalue weighted by atomic mass is 10.1. The number of methoxy groups -OCH3 is 1. The SMILES string of the molecule is CNc1cc(COC)nc2ccccc12. The molecule has 78 valence electrons. The molecule has 0 aliphatic carbocycles. The molecule has 2 aromatic rings. The number of rotatable bonds is 3. The highest BCUT2D eigenvalue weighted by Gasteiger charge is 2.03. The molecule has 0 aliphatic rings. The molecule has 0 saturated carbocycles. The van der Waals surface area contributed by atoms with E-state index in [9.17, 15) is 0 Å². The summed E-state index contributed by atoms with van der Waals surface area (Å²) in [5, 5.41) is 4.31. The summed E-state index contributed by atoms with van der Waals surface area (Å²) in [6.45, 7) is 0.541. The number of aromatic nitrogens is 1. The number of fused-ring (bicyclic) bond motifs is 1. The minimum absolute atomic E-state index is 0.541. The third kappa shape index (κ3) is 1.92. The van der Waals surface area contributed by atoms with E-state index in [4.69, 9.17) is 4.74 Å². The van der Waals surface area contributed by atoms with Crippen LogP contribution < -0.4 is 5.32 Å². The summed E-state index contributed by atoms with van der Waals surface area (Å²) in [6.07, 6.45) is 0. The minimum Gasteiger partial charge on any atom is -0.388 e. The lowest BCUT2D eigenvalue weighted by Crippen LogP contribution is -1.97. The fourth-order valence-electron chi connectivity index (χ4n) is 1.66. The van der Waals surface area contributed by atoms with Crippen LogP contribution in [0.15, 0.2) is 30.3 Å². The van der Waals surface area contributed by atoms with Crippen molar-refractivity contribution in [1.29, 1.82) is 0 Å². The zero-order valence-electron chi connectivity index (χ0n) is 8.95. The quantitative estimate of drug-likeness (QED) is 0.830. The van der Waals surface area contributed by atoms with Gasteiger partial charge in [-0.3, -0.25) is 4.98 Å². The van der Waals surface area contributed by atoms with Crippen molar-refractivity contribution in [1.82, 2.24) is 4.98 Å². The molecule has 1 aromatic heterocycles. The van der Waals surface area contributed by atoms with Crippen LogP contribution in [0.3, 0.4) is 0 Å². The summed E-state index contributed by atoms with van der Waals surface area (Å²) < 4.78 is 5.09. The molecule has 1 N–H and O–H groups in total. The van der Waals surface area contributed by atoms with Gasteiger partial charge in [-0.15, -0.1) is 0 Å². The van der Waals surface area contributed by atoms with Crippen molar-refractivity contribution in [3.8, 4) is 0 Å². The van der Waals surface area contributed by atoms with Gasteiger partial charge in [-0.05, 0) is 12.1 Å². The van der Waals surface area contributed by atoms with E-state index in [1.54, 1.807) is 7.11 Å². The molecule has 0 unspecified atom stereocenters. The maximum absolute atomic E-state index is 5.09. The lowest BCUT2D eigenvalue weighted by Gasteiger charge is -2.08. The van der Waals surface area contributed by atoms with Gasteiger partial charge in [0.2, 0.25) is 0 Å². The average molecular weight is 202 g/mol. The van der Waals surface area contributed by atoms with Crippen molar-refractivity contribution in [3.05, 3.63) is 36.0 Å². The lowest BCUT2D eigenvalue weighted by molar-refractivity contribution is 0.182. The Morgan fingerprint density at radius 1 is 1.33 bits per heavy atom. The normalized spacial score (nSPS) is 10.5. The molecular formula is C12H14N2O. The van der Waals surface area contributed by atoms with Crippen molar-refractivity contribution >= 4 is 16.6 Å². The molecule has 3 nitrogen and oxygen atoms in total. The van der Waals surface area contributed by atoms with Crippen LogP contribution in [0.5, 0.6) is 0 Å². The van der Waals surface area contributed by atoms with Gasteiger partial charge in [-0.2, -0.15) is 0 Å². The van der Waals surface area contributed by atoms with Crippen LogP contribution in [0, 0.1) is 0 Å². The number of nitrogens with zero attached hydrogens (tertiary/aromatic N) is 1. The Labute approximate surface area is 89.1 Å². The first kappa shape index (κ1) is 9.93. The van der Waals surface area contributed by atoms with E-state index in [2.05, 4.69) is 16.4 Å². The monoisotopic (exact) mass is 202 g/mol. The van der Waals surface area contributed by atoms with E-state index in [0.717, 1.165) is 22.3 Å². The summed E-state index contributed by atoms with van der Waals surface area (Å²) >= 11 is 0. The van der Waals surface area contributed by atoms with E-state index >= 15 is 0 Å². The number of benzene rings is 1. The molecule has 0 aliphatic heterocycles. The Hall–Kier alpha value is -1.61. The first-order valence-electron chi connectivity index (χ1n) is 4.90. The van der Waals surface area contributed by atoms with Crippen LogP contribution >= 0.6 is 0 Å². The fourth-order valence-corrected chi connectivity index (χ4v) is 1.66. The molecule has 0 amide bonds. The highest BCUT2D eigenvalue weighted by Crippen LogP contribution is 2.22. The second-order valence-corrected chi connectivity index (χ2v) is 3.36. The maximum atomic E-state index is 5.09. The van der Waals surface area contributed by atoms with Gasteiger partial charge < -0.3 is 10.1 Å². The molecule has 0 spiro atoms. The van der Waals surface area contributed by atoms with Crippen LogP contribution in [0.4, 0.5) is 5.69 Å². The molecule has 2 rings (SSSR count). The van der Waals surface area contributed by atoms with Gasteiger partial charge >= 0.3 is 0 Å². The average Bonchev–Trinajstić information content (AvgIpc) is 2.28. The number of ether oxygens (including phenoxy) is 1. The van der Waals surface area contributed by atoms with E-state index in [-0.39, 0.29) is 0 Å². The van der Waals surface area contributed by atoms with Gasteiger partial charge in [0.25, 0.3) is 0 Å². The van der Waals surface area contributed by atoms with Gasteiger partial charge in [-0.25, -0.2) is 0 Å². The van der Waals surface area contributed by atoms with Gasteiger partial charge in [0.15, 0.2) is 0 Å². The fraction of sp³-hybridized carbons (Fsp3) is 0.250. The van der Waals surface area contributed by atoms with Crippen LogP contribution in [0.2, 0.25) is 0 Å². The van der Waals surface area contributed by atoms with E-state index in [1.807, 2.05) is 31.3 Å². The highest BCUT2D eigenvalue weighted by atomic mass is 16.5. The topological polar surface area (TPSA) is 34.1 Å². The minimum atomic E-state index is 0.541. The predicted molar refractivity (Wildman–Crippen MR) is 62.0 cm³/mol. The Kier molecular flexibility index (Phi) is 2.83. The Morgan fingerprint density at radius 3 is 2.87 bits per heavy atom. The second-order valence-electron chi connectivity index (χ2n) is 3.36. The largest absolute Gasteiger partial charge is 0.388 e. The summed E-state index contributed by atoms with van der Waals surface area (Å²) in [6, 6.07) is 10.1. The number of hydrogen-bond donors (Lipinski definition) is 1. The van der Waals surface area contributed by atoms with Crippen molar-refractivity contribution in [2.75, 3.05) is 19.5 Å². The van der Waals surface area contributed by atoms with Crippen LogP contribution in [0.1, 0.15) is 5.69 Å². The van der Waals surface area contributed by atoms with Gasteiger partial charge in [0.05, 0.1) is 17.8 Å². The predicted octanol–water partition coefficient (Wildman–Crippen LogP) is 2.42. The first-order valence-corrected chi connectivity index (χ1v) is 4.90. The van der Waals surface area contributed by atoms with E-state index in [1.165, 1.54) is 0 Å². The number of nitrogens with one attached hydrogen (secondary N) is 1. The smallest absolute Gasteiger partial charge is 0.0885 e. The molecule has 0 fully saturated rings. The van der Waals surface area contributed by atoms with Crippen molar-refractivity contribution in [3.63, 3.8) is 0 Å². The molecule has 0 saturated heterocycles. The number of pyridine rings is 1. The maximum Gasteiger partial charge on any atom is 0.0885 e. The van der Waals surface area contributed by atoms with Crippen LogP contribution in [-0.2, 0) is 11.3 Å². The summed E-state index contributed by atoms with van der Waals surface area (Å²) in [5.41, 5.74) is 3.03. The third-order valence-corrected chi connectivity index (χ3v) is 2.33. The summed E-state index contributed by atoms with van der Waals surface area (Å²) in [4.78, 5) is 4.51. The summed E-state index contributed by atoms with van der Waals surface area (Å²) in [5.74, 6) is 0. The van der Waals surface area contributed by atoms with Gasteiger partial charge in [0, 0.05) is 25.2 Å². The Balaban J connectivity index is 2.60.